The summed E-state index contributed by atoms with van der Waals surface area (Å²) in [6.45, 7) is 2.45. The summed E-state index contributed by atoms with van der Waals surface area (Å²) >= 11 is 9.87. The Kier molecular flexibility index (Phi) is 5.83. The summed E-state index contributed by atoms with van der Waals surface area (Å²) in [5.41, 5.74) is 0.931. The summed E-state index contributed by atoms with van der Waals surface area (Å²) < 4.78 is 3.20. The van der Waals surface area contributed by atoms with Crippen LogP contribution in [0.15, 0.2) is 52.2 Å². The van der Waals surface area contributed by atoms with Gasteiger partial charge in [-0.05, 0) is 42.7 Å². The van der Waals surface area contributed by atoms with Crippen LogP contribution in [0.2, 0.25) is 0 Å². The molecule has 1 aromatic carbocycles. The van der Waals surface area contributed by atoms with Gasteiger partial charge in [-0.25, -0.2) is 4.68 Å². The van der Waals surface area contributed by atoms with Crippen LogP contribution in [0, 0.1) is 3.95 Å². The first kappa shape index (κ1) is 17.3. The molecule has 8 heteroatoms. The van der Waals surface area contributed by atoms with Crippen molar-refractivity contribution in [3.05, 3.63) is 56.7 Å². The SMILES string of the molecule is CC(Sc1nn(-c2ccccc2)c(=S)s1)C(=O)NCc1cccs1. The number of thiophene rings is 1. The summed E-state index contributed by atoms with van der Waals surface area (Å²) in [6, 6.07) is 13.8. The maximum atomic E-state index is 12.2. The van der Waals surface area contributed by atoms with Gasteiger partial charge in [0.2, 0.25) is 5.91 Å². The molecule has 0 fully saturated rings. The van der Waals surface area contributed by atoms with Crippen LogP contribution in [-0.2, 0) is 11.3 Å². The number of carbonyl (C=O) groups is 1. The molecule has 0 saturated heterocycles. The Bertz CT molecular complexity index is 855. The number of nitrogens with one attached hydrogen (secondary N) is 1. The van der Waals surface area contributed by atoms with Crippen LogP contribution in [0.25, 0.3) is 5.69 Å². The average molecular weight is 394 g/mol. The van der Waals surface area contributed by atoms with Gasteiger partial charge in [0, 0.05) is 4.88 Å². The molecule has 2 heterocycles. The van der Waals surface area contributed by atoms with Crippen LogP contribution in [0.3, 0.4) is 0 Å². The van der Waals surface area contributed by atoms with Crippen LogP contribution < -0.4 is 5.32 Å². The second-order valence-electron chi connectivity index (χ2n) is 4.94. The highest BCUT2D eigenvalue weighted by Crippen LogP contribution is 2.27. The molecule has 3 aromatic rings. The van der Waals surface area contributed by atoms with E-state index >= 15 is 0 Å². The van der Waals surface area contributed by atoms with E-state index in [1.54, 1.807) is 16.0 Å². The van der Waals surface area contributed by atoms with Crippen LogP contribution in [0.5, 0.6) is 0 Å². The molecular weight excluding hydrogens is 378 g/mol. The van der Waals surface area contributed by atoms with Crippen molar-refractivity contribution in [3.63, 3.8) is 0 Å². The number of hydrogen-bond donors (Lipinski definition) is 1. The van der Waals surface area contributed by atoms with Crippen molar-refractivity contribution in [2.45, 2.75) is 23.1 Å². The lowest BCUT2D eigenvalue weighted by Crippen LogP contribution is -2.30. The smallest absolute Gasteiger partial charge is 0.233 e. The van der Waals surface area contributed by atoms with E-state index in [2.05, 4.69) is 10.4 Å². The van der Waals surface area contributed by atoms with E-state index in [1.807, 2.05) is 54.8 Å². The quantitative estimate of drug-likeness (QED) is 0.494. The maximum Gasteiger partial charge on any atom is 0.233 e. The molecule has 1 N–H and O–H groups in total. The van der Waals surface area contributed by atoms with E-state index in [9.17, 15) is 4.79 Å². The number of aromatic nitrogens is 2. The third-order valence-electron chi connectivity index (χ3n) is 3.19. The van der Waals surface area contributed by atoms with E-state index in [1.165, 1.54) is 23.1 Å². The van der Waals surface area contributed by atoms with E-state index in [0.29, 0.717) is 10.5 Å². The molecule has 0 aliphatic carbocycles. The Morgan fingerprint density at radius 3 is 2.83 bits per heavy atom. The predicted octanol–water partition coefficient (Wildman–Crippen LogP) is 4.52. The van der Waals surface area contributed by atoms with Gasteiger partial charge in [0.05, 0.1) is 17.5 Å². The average Bonchev–Trinajstić information content (AvgIpc) is 3.23. The zero-order valence-corrected chi connectivity index (χ0v) is 16.1. The lowest BCUT2D eigenvalue weighted by molar-refractivity contribution is -0.120. The second-order valence-corrected chi connectivity index (χ2v) is 9.18. The molecule has 3 rings (SSSR count). The first-order valence-corrected chi connectivity index (χ1v) is 10.2. The fourth-order valence-corrected chi connectivity index (χ4v) is 5.15. The van der Waals surface area contributed by atoms with Crippen molar-refractivity contribution in [1.29, 1.82) is 0 Å². The predicted molar refractivity (Wildman–Crippen MR) is 104 cm³/mol. The summed E-state index contributed by atoms with van der Waals surface area (Å²) in [4.78, 5) is 13.4. The number of carbonyl (C=O) groups excluding carboxylic acids is 1. The van der Waals surface area contributed by atoms with Gasteiger partial charge in [0.15, 0.2) is 8.29 Å². The van der Waals surface area contributed by atoms with Crippen molar-refractivity contribution in [3.8, 4) is 5.69 Å². The van der Waals surface area contributed by atoms with Crippen molar-refractivity contribution in [2.75, 3.05) is 0 Å². The van der Waals surface area contributed by atoms with Gasteiger partial charge < -0.3 is 5.32 Å². The number of hydrogen-bond acceptors (Lipinski definition) is 6. The van der Waals surface area contributed by atoms with E-state index in [0.717, 1.165) is 14.9 Å². The van der Waals surface area contributed by atoms with Crippen molar-refractivity contribution in [2.24, 2.45) is 0 Å². The summed E-state index contributed by atoms with van der Waals surface area (Å²) in [7, 11) is 0. The second kappa shape index (κ2) is 8.06. The first-order chi connectivity index (χ1) is 11.6. The van der Waals surface area contributed by atoms with Gasteiger partial charge >= 0.3 is 0 Å². The molecule has 4 nitrogen and oxygen atoms in total. The number of amides is 1. The zero-order chi connectivity index (χ0) is 16.9. The van der Waals surface area contributed by atoms with Gasteiger partial charge in [0.25, 0.3) is 0 Å². The van der Waals surface area contributed by atoms with E-state index in [4.69, 9.17) is 12.2 Å². The monoisotopic (exact) mass is 393 g/mol. The van der Waals surface area contributed by atoms with Gasteiger partial charge in [-0.15, -0.1) is 16.4 Å². The minimum Gasteiger partial charge on any atom is -0.350 e. The van der Waals surface area contributed by atoms with Gasteiger partial charge in [-0.1, -0.05) is 47.4 Å². The topological polar surface area (TPSA) is 46.9 Å². The first-order valence-electron chi connectivity index (χ1n) is 7.26. The van der Waals surface area contributed by atoms with Crippen molar-refractivity contribution >= 4 is 52.6 Å². The summed E-state index contributed by atoms with van der Waals surface area (Å²) in [6.07, 6.45) is 0. The van der Waals surface area contributed by atoms with Gasteiger partial charge in [0.1, 0.15) is 0 Å². The largest absolute Gasteiger partial charge is 0.350 e. The molecule has 24 heavy (non-hydrogen) atoms. The van der Waals surface area contributed by atoms with Gasteiger partial charge in [-0.2, -0.15) is 0 Å². The number of para-hydroxylation sites is 1. The van der Waals surface area contributed by atoms with Crippen LogP contribution in [-0.4, -0.2) is 20.9 Å². The molecule has 0 aliphatic heterocycles. The molecular formula is C16H15N3OS4. The Balaban J connectivity index is 1.63. The molecule has 2 aromatic heterocycles. The molecule has 0 aliphatic rings. The van der Waals surface area contributed by atoms with Crippen molar-refractivity contribution in [1.82, 2.24) is 15.1 Å². The number of nitrogens with zero attached hydrogens (tertiary/aromatic N) is 2. The highest BCUT2D eigenvalue weighted by atomic mass is 32.2. The molecule has 1 unspecified atom stereocenters. The van der Waals surface area contributed by atoms with Crippen LogP contribution in [0.1, 0.15) is 11.8 Å². The third-order valence-corrected chi connectivity index (χ3v) is 6.49. The Morgan fingerprint density at radius 1 is 1.33 bits per heavy atom. The molecule has 0 bridgehead atoms. The van der Waals surface area contributed by atoms with Gasteiger partial charge in [-0.3, -0.25) is 4.79 Å². The molecule has 124 valence electrons. The fourth-order valence-electron chi connectivity index (χ4n) is 1.98. The minimum atomic E-state index is -0.227. The Morgan fingerprint density at radius 2 is 2.12 bits per heavy atom. The maximum absolute atomic E-state index is 12.2. The summed E-state index contributed by atoms with van der Waals surface area (Å²) in [5, 5.41) is 9.26. The summed E-state index contributed by atoms with van der Waals surface area (Å²) in [5.74, 6) is 0.000722. The van der Waals surface area contributed by atoms with Crippen molar-refractivity contribution < 1.29 is 4.79 Å². The third kappa shape index (κ3) is 4.32. The lowest BCUT2D eigenvalue weighted by atomic mass is 10.3. The zero-order valence-electron chi connectivity index (χ0n) is 12.8. The molecule has 0 saturated carbocycles. The standard InChI is InChI=1S/C16H15N3OS4/c1-11(14(20)17-10-13-8-5-9-22-13)23-15-18-19(16(21)24-15)12-6-3-2-4-7-12/h2-9,11H,10H2,1H3,(H,17,20). The molecule has 0 radical (unpaired) electrons. The Labute approximate surface area is 157 Å². The Hall–Kier alpha value is -1.48. The van der Waals surface area contributed by atoms with Crippen LogP contribution in [0.4, 0.5) is 0 Å². The molecule has 1 amide bonds. The molecule has 0 spiro atoms. The van der Waals surface area contributed by atoms with E-state index in [-0.39, 0.29) is 11.2 Å². The lowest BCUT2D eigenvalue weighted by Gasteiger charge is -2.09. The normalized spacial score (nSPS) is 12.0. The minimum absolute atomic E-state index is 0.000722. The van der Waals surface area contributed by atoms with E-state index < -0.39 is 0 Å². The fraction of sp³-hybridized carbons (Fsp3) is 0.188. The molecule has 1 atom stereocenters. The number of benzene rings is 1. The van der Waals surface area contributed by atoms with Crippen LogP contribution >= 0.6 is 46.7 Å². The number of rotatable bonds is 6. The highest BCUT2D eigenvalue weighted by Gasteiger charge is 2.17. The highest BCUT2D eigenvalue weighted by molar-refractivity contribution is 8.02. The number of thioether (sulfide) groups is 1.